The molecule has 4 heteroatoms. The lowest BCUT2D eigenvalue weighted by atomic mass is 9.96. The largest absolute Gasteiger partial charge is 0.315 e. The van der Waals surface area contributed by atoms with E-state index in [0.717, 1.165) is 17.8 Å². The normalized spacial score (nSPS) is 15.4. The van der Waals surface area contributed by atoms with Gasteiger partial charge >= 0.3 is 0 Å². The lowest BCUT2D eigenvalue weighted by Crippen LogP contribution is -2.22. The molecular weight excluding hydrogens is 280 g/mol. The highest BCUT2D eigenvalue weighted by Gasteiger charge is 2.25. The summed E-state index contributed by atoms with van der Waals surface area (Å²) < 4.78 is 0. The number of anilines is 1. The monoisotopic (exact) mass is 300 g/mol. The topological polar surface area (TPSA) is 32.3 Å². The second-order valence-electron chi connectivity index (χ2n) is 5.52. The van der Waals surface area contributed by atoms with Crippen LogP contribution >= 0.6 is 11.3 Å². The molecule has 1 aliphatic rings. The number of thiophene rings is 1. The highest BCUT2D eigenvalue weighted by atomic mass is 32.1. The molecule has 1 amide bonds. The number of hydrogen-bond acceptors (Lipinski definition) is 3. The number of likely N-dealkylation sites (N-methyl/N-ethyl adjacent to an activating group) is 1. The molecule has 1 aliphatic heterocycles. The zero-order valence-electron chi connectivity index (χ0n) is 12.6. The van der Waals surface area contributed by atoms with Crippen LogP contribution in [0.5, 0.6) is 0 Å². The van der Waals surface area contributed by atoms with E-state index in [4.69, 9.17) is 0 Å². The second-order valence-corrected chi connectivity index (χ2v) is 6.26. The minimum atomic E-state index is 0.175. The zero-order chi connectivity index (χ0) is 15.0. The van der Waals surface area contributed by atoms with Crippen LogP contribution in [0.4, 0.5) is 5.69 Å². The average molecular weight is 300 g/mol. The van der Waals surface area contributed by atoms with Gasteiger partial charge in [-0.1, -0.05) is 19.1 Å². The summed E-state index contributed by atoms with van der Waals surface area (Å²) in [5, 5.41) is 7.96. The molecule has 0 fully saturated rings. The molecule has 110 valence electrons. The number of benzene rings is 1. The highest BCUT2D eigenvalue weighted by Crippen LogP contribution is 2.33. The first-order valence-corrected chi connectivity index (χ1v) is 8.21. The molecule has 2 aromatic rings. The van der Waals surface area contributed by atoms with Crippen LogP contribution in [-0.2, 0) is 11.2 Å². The van der Waals surface area contributed by atoms with Gasteiger partial charge in [0.05, 0.1) is 12.5 Å². The summed E-state index contributed by atoms with van der Waals surface area (Å²) in [6, 6.07) is 6.59. The molecule has 0 radical (unpaired) electrons. The molecule has 0 saturated carbocycles. The number of amides is 1. The van der Waals surface area contributed by atoms with E-state index in [1.54, 1.807) is 16.2 Å². The predicted molar refractivity (Wildman–Crippen MR) is 88.1 cm³/mol. The van der Waals surface area contributed by atoms with Crippen molar-refractivity contribution in [2.45, 2.75) is 26.3 Å². The minimum Gasteiger partial charge on any atom is -0.315 e. The summed E-state index contributed by atoms with van der Waals surface area (Å²) in [6.07, 6.45) is 0.515. The Hall–Kier alpha value is -1.65. The molecule has 1 aromatic carbocycles. The first-order chi connectivity index (χ1) is 10.1. The van der Waals surface area contributed by atoms with Crippen molar-refractivity contribution in [2.24, 2.45) is 0 Å². The van der Waals surface area contributed by atoms with Crippen LogP contribution in [0.25, 0.3) is 0 Å². The molecule has 1 N–H and O–H groups in total. The molecule has 1 unspecified atom stereocenters. The summed E-state index contributed by atoms with van der Waals surface area (Å²) in [7, 11) is 1.85. The van der Waals surface area contributed by atoms with Gasteiger partial charge < -0.3 is 10.2 Å². The number of nitrogens with one attached hydrogen (secondary N) is 1. The Labute approximate surface area is 129 Å². The first kappa shape index (κ1) is 14.3. The van der Waals surface area contributed by atoms with Crippen LogP contribution in [0.2, 0.25) is 0 Å². The van der Waals surface area contributed by atoms with Crippen LogP contribution in [-0.4, -0.2) is 19.5 Å². The van der Waals surface area contributed by atoms with E-state index >= 15 is 0 Å². The lowest BCUT2D eigenvalue weighted by molar-refractivity contribution is -0.117. The average Bonchev–Trinajstić information content (AvgIpc) is 3.01. The van der Waals surface area contributed by atoms with Gasteiger partial charge in [0, 0.05) is 12.7 Å². The van der Waals surface area contributed by atoms with Crippen LogP contribution in [0, 0.1) is 6.92 Å². The third-order valence-electron chi connectivity index (χ3n) is 4.13. The molecule has 3 rings (SSSR count). The standard InChI is InChI=1S/C17H20N2OS/c1-4-18-17(14-10-21-9-11(14)2)12-5-6-15-13(7-12)8-16(20)19(15)3/h5-7,9-10,17-18H,4,8H2,1-3H3. The van der Waals surface area contributed by atoms with Crippen molar-refractivity contribution < 1.29 is 4.79 Å². The Morgan fingerprint density at radius 3 is 2.86 bits per heavy atom. The Morgan fingerprint density at radius 1 is 1.38 bits per heavy atom. The number of carbonyl (C=O) groups is 1. The number of fused-ring (bicyclic) bond motifs is 1. The van der Waals surface area contributed by atoms with E-state index < -0.39 is 0 Å². The van der Waals surface area contributed by atoms with Crippen molar-refractivity contribution >= 4 is 22.9 Å². The maximum atomic E-state index is 11.8. The molecule has 21 heavy (non-hydrogen) atoms. The number of aryl methyl sites for hydroxylation is 1. The van der Waals surface area contributed by atoms with Crippen molar-refractivity contribution in [1.82, 2.24) is 5.32 Å². The summed E-state index contributed by atoms with van der Waals surface area (Å²) in [5.74, 6) is 0.175. The third kappa shape index (κ3) is 2.49. The fourth-order valence-electron chi connectivity index (χ4n) is 2.95. The van der Waals surface area contributed by atoms with E-state index in [1.165, 1.54) is 16.7 Å². The van der Waals surface area contributed by atoms with Gasteiger partial charge in [-0.05, 0) is 52.5 Å². The molecule has 2 heterocycles. The zero-order valence-corrected chi connectivity index (χ0v) is 13.5. The van der Waals surface area contributed by atoms with E-state index in [-0.39, 0.29) is 11.9 Å². The van der Waals surface area contributed by atoms with E-state index in [9.17, 15) is 4.79 Å². The van der Waals surface area contributed by atoms with Crippen molar-refractivity contribution in [1.29, 1.82) is 0 Å². The fraction of sp³-hybridized carbons (Fsp3) is 0.353. The molecule has 3 nitrogen and oxygen atoms in total. The van der Waals surface area contributed by atoms with Crippen molar-refractivity contribution in [3.05, 3.63) is 51.2 Å². The van der Waals surface area contributed by atoms with Crippen LogP contribution < -0.4 is 10.2 Å². The van der Waals surface area contributed by atoms with Crippen LogP contribution in [0.1, 0.15) is 35.2 Å². The predicted octanol–water partition coefficient (Wildman–Crippen LogP) is 3.27. The fourth-order valence-corrected chi connectivity index (χ4v) is 3.82. The summed E-state index contributed by atoms with van der Waals surface area (Å²) >= 11 is 1.74. The Morgan fingerprint density at radius 2 is 2.19 bits per heavy atom. The number of carbonyl (C=O) groups excluding carboxylic acids is 1. The van der Waals surface area contributed by atoms with Gasteiger partial charge in [-0.25, -0.2) is 0 Å². The highest BCUT2D eigenvalue weighted by molar-refractivity contribution is 7.08. The number of rotatable bonds is 4. The molecule has 0 aliphatic carbocycles. The van der Waals surface area contributed by atoms with Gasteiger partial charge in [-0.2, -0.15) is 11.3 Å². The van der Waals surface area contributed by atoms with Gasteiger partial charge in [0.15, 0.2) is 0 Å². The Kier molecular flexibility index (Phi) is 3.83. The van der Waals surface area contributed by atoms with Gasteiger partial charge in [-0.15, -0.1) is 0 Å². The van der Waals surface area contributed by atoms with Gasteiger partial charge in [0.1, 0.15) is 0 Å². The van der Waals surface area contributed by atoms with Gasteiger partial charge in [0.25, 0.3) is 0 Å². The molecular formula is C17H20N2OS. The van der Waals surface area contributed by atoms with Crippen molar-refractivity contribution in [3.63, 3.8) is 0 Å². The summed E-state index contributed by atoms with van der Waals surface area (Å²) in [5.41, 5.74) is 6.07. The lowest BCUT2D eigenvalue weighted by Gasteiger charge is -2.20. The number of hydrogen-bond donors (Lipinski definition) is 1. The second kappa shape index (κ2) is 5.62. The smallest absolute Gasteiger partial charge is 0.231 e. The number of nitrogens with zero attached hydrogens (tertiary/aromatic N) is 1. The summed E-state index contributed by atoms with van der Waals surface area (Å²) in [6.45, 7) is 5.19. The summed E-state index contributed by atoms with van der Waals surface area (Å²) in [4.78, 5) is 13.6. The van der Waals surface area contributed by atoms with Gasteiger partial charge in [0.2, 0.25) is 5.91 Å². The van der Waals surface area contributed by atoms with Gasteiger partial charge in [-0.3, -0.25) is 4.79 Å². The third-order valence-corrected chi connectivity index (χ3v) is 5.01. The van der Waals surface area contributed by atoms with E-state index in [2.05, 4.69) is 48.1 Å². The molecule has 0 bridgehead atoms. The van der Waals surface area contributed by atoms with Crippen LogP contribution in [0.15, 0.2) is 29.0 Å². The maximum absolute atomic E-state index is 11.8. The SMILES string of the molecule is CCNC(c1ccc2c(c1)CC(=O)N2C)c1cscc1C. The Bertz CT molecular complexity index is 677. The first-order valence-electron chi connectivity index (χ1n) is 7.27. The maximum Gasteiger partial charge on any atom is 0.231 e. The van der Waals surface area contributed by atoms with E-state index in [1.807, 2.05) is 7.05 Å². The minimum absolute atomic E-state index is 0.175. The molecule has 1 aromatic heterocycles. The van der Waals surface area contributed by atoms with Crippen molar-refractivity contribution in [3.8, 4) is 0 Å². The van der Waals surface area contributed by atoms with Crippen molar-refractivity contribution in [2.75, 3.05) is 18.5 Å². The molecule has 0 saturated heterocycles. The molecule has 0 spiro atoms. The molecule has 1 atom stereocenters. The Balaban J connectivity index is 2.00. The van der Waals surface area contributed by atoms with Crippen LogP contribution in [0.3, 0.4) is 0 Å². The van der Waals surface area contributed by atoms with E-state index in [0.29, 0.717) is 6.42 Å². The quantitative estimate of drug-likeness (QED) is 0.940.